The van der Waals surface area contributed by atoms with Crippen molar-refractivity contribution in [3.05, 3.63) is 29.8 Å². The Morgan fingerprint density at radius 3 is 2.50 bits per heavy atom. The van der Waals surface area contributed by atoms with Gasteiger partial charge in [0.25, 0.3) is 0 Å². The first-order valence-electron chi connectivity index (χ1n) is 6.34. The predicted octanol–water partition coefficient (Wildman–Crippen LogP) is 1.98. The fourth-order valence-electron chi connectivity index (χ4n) is 2.31. The maximum Gasteiger partial charge on any atom is 0.387 e. The molecule has 1 N–H and O–H groups in total. The molecule has 0 aromatic heterocycles. The molecule has 1 aromatic carbocycles. The van der Waals surface area contributed by atoms with Crippen molar-refractivity contribution in [2.75, 3.05) is 18.1 Å². The highest BCUT2D eigenvalue weighted by atomic mass is 32.2. The van der Waals surface area contributed by atoms with Gasteiger partial charge in [0, 0.05) is 6.04 Å². The molecule has 0 amide bonds. The third kappa shape index (κ3) is 4.14. The molecule has 20 heavy (non-hydrogen) atoms. The van der Waals surface area contributed by atoms with Crippen LogP contribution >= 0.6 is 0 Å². The van der Waals surface area contributed by atoms with E-state index in [-0.39, 0.29) is 29.2 Å². The first kappa shape index (κ1) is 15.2. The second-order valence-electron chi connectivity index (χ2n) is 5.09. The van der Waals surface area contributed by atoms with E-state index >= 15 is 0 Å². The minimum Gasteiger partial charge on any atom is -0.435 e. The Morgan fingerprint density at radius 1 is 1.25 bits per heavy atom. The van der Waals surface area contributed by atoms with Gasteiger partial charge >= 0.3 is 6.61 Å². The molecule has 1 aromatic rings. The van der Waals surface area contributed by atoms with E-state index in [0.29, 0.717) is 6.54 Å². The third-order valence-corrected chi connectivity index (χ3v) is 5.10. The van der Waals surface area contributed by atoms with Crippen LogP contribution in [0.15, 0.2) is 24.3 Å². The molecule has 0 radical (unpaired) electrons. The number of sulfone groups is 1. The average molecular weight is 305 g/mol. The lowest BCUT2D eigenvalue weighted by atomic mass is 10.1. The van der Waals surface area contributed by atoms with Crippen molar-refractivity contribution in [2.45, 2.75) is 19.6 Å². The third-order valence-electron chi connectivity index (χ3n) is 3.18. The topological polar surface area (TPSA) is 55.4 Å². The maximum atomic E-state index is 12.1. The number of rotatable bonds is 3. The molecule has 1 saturated heterocycles. The number of ether oxygens (including phenoxy) is 1. The number of benzene rings is 1. The molecular weight excluding hydrogens is 288 g/mol. The van der Waals surface area contributed by atoms with Gasteiger partial charge in [0.1, 0.15) is 5.75 Å². The highest BCUT2D eigenvalue weighted by Gasteiger charge is 2.27. The number of nitrogens with one attached hydrogen (secondary N) is 1. The van der Waals surface area contributed by atoms with Gasteiger partial charge in [-0.2, -0.15) is 8.78 Å². The van der Waals surface area contributed by atoms with Crippen LogP contribution in [0.1, 0.15) is 18.5 Å². The highest BCUT2D eigenvalue weighted by molar-refractivity contribution is 7.91. The van der Waals surface area contributed by atoms with Gasteiger partial charge in [-0.05, 0) is 30.2 Å². The summed E-state index contributed by atoms with van der Waals surface area (Å²) in [5, 5.41) is 3.20. The van der Waals surface area contributed by atoms with Crippen LogP contribution in [0.5, 0.6) is 5.75 Å². The molecule has 0 spiro atoms. The number of alkyl halides is 2. The fraction of sp³-hybridized carbons (Fsp3) is 0.538. The fourth-order valence-corrected chi connectivity index (χ4v) is 4.25. The molecule has 2 atom stereocenters. The quantitative estimate of drug-likeness (QED) is 0.928. The Bertz CT molecular complexity index is 545. The maximum absolute atomic E-state index is 12.1. The van der Waals surface area contributed by atoms with Gasteiger partial charge in [0.2, 0.25) is 0 Å². The summed E-state index contributed by atoms with van der Waals surface area (Å²) in [5.74, 6) is 0.315. The van der Waals surface area contributed by atoms with Crippen molar-refractivity contribution in [3.8, 4) is 5.75 Å². The van der Waals surface area contributed by atoms with Crippen LogP contribution in [-0.2, 0) is 9.84 Å². The Hall–Kier alpha value is -1.21. The van der Waals surface area contributed by atoms with Crippen molar-refractivity contribution in [2.24, 2.45) is 5.92 Å². The lowest BCUT2D eigenvalue weighted by Crippen LogP contribution is -2.26. The smallest absolute Gasteiger partial charge is 0.387 e. The van der Waals surface area contributed by atoms with Gasteiger partial charge in [0.05, 0.1) is 11.5 Å². The van der Waals surface area contributed by atoms with E-state index in [2.05, 4.69) is 10.1 Å². The molecule has 0 saturated carbocycles. The summed E-state index contributed by atoms with van der Waals surface area (Å²) in [7, 11) is -3.11. The van der Waals surface area contributed by atoms with E-state index < -0.39 is 16.4 Å². The van der Waals surface area contributed by atoms with Gasteiger partial charge in [-0.15, -0.1) is 0 Å². The molecule has 1 fully saturated rings. The molecule has 1 aliphatic rings. The molecule has 0 bridgehead atoms. The Labute approximate surface area is 117 Å². The lowest BCUT2D eigenvalue weighted by Gasteiger charge is -2.16. The van der Waals surface area contributed by atoms with Crippen LogP contribution in [0, 0.1) is 5.92 Å². The van der Waals surface area contributed by atoms with Crippen molar-refractivity contribution in [1.82, 2.24) is 5.32 Å². The normalized spacial score (nSPS) is 26.2. The van der Waals surface area contributed by atoms with Crippen LogP contribution in [0.4, 0.5) is 8.78 Å². The second kappa shape index (κ2) is 6.05. The van der Waals surface area contributed by atoms with Crippen LogP contribution in [-0.4, -0.2) is 33.1 Å². The summed E-state index contributed by atoms with van der Waals surface area (Å²) in [6.07, 6.45) is 0. The van der Waals surface area contributed by atoms with Crippen molar-refractivity contribution in [1.29, 1.82) is 0 Å². The van der Waals surface area contributed by atoms with Gasteiger partial charge < -0.3 is 10.1 Å². The number of halogens is 2. The van der Waals surface area contributed by atoms with E-state index in [1.165, 1.54) is 12.1 Å². The van der Waals surface area contributed by atoms with E-state index in [0.717, 1.165) is 5.56 Å². The van der Waals surface area contributed by atoms with Gasteiger partial charge in [-0.3, -0.25) is 0 Å². The predicted molar refractivity (Wildman–Crippen MR) is 71.6 cm³/mol. The second-order valence-corrected chi connectivity index (χ2v) is 7.24. The minimum atomic E-state index is -3.11. The molecule has 2 rings (SSSR count). The summed E-state index contributed by atoms with van der Waals surface area (Å²) >= 11 is 0. The standard InChI is InChI=1S/C13H17F2NO3S/c1-9-6-16-12(8-20(17,18)7-9)10-2-4-11(5-3-10)19-13(14)15/h2-5,9,12-13,16H,6-8H2,1H3. The number of hydrogen-bond donors (Lipinski definition) is 1. The van der Waals surface area contributed by atoms with Crippen LogP contribution in [0.25, 0.3) is 0 Å². The molecule has 1 heterocycles. The van der Waals surface area contributed by atoms with E-state index in [4.69, 9.17) is 0 Å². The van der Waals surface area contributed by atoms with E-state index in [1.807, 2.05) is 6.92 Å². The summed E-state index contributed by atoms with van der Waals surface area (Å²) in [6.45, 7) is -0.371. The Kier molecular flexibility index (Phi) is 4.59. The van der Waals surface area contributed by atoms with Gasteiger partial charge in [-0.25, -0.2) is 8.42 Å². The first-order chi connectivity index (χ1) is 9.35. The molecule has 1 aliphatic heterocycles. The highest BCUT2D eigenvalue weighted by Crippen LogP contribution is 2.23. The summed E-state index contributed by atoms with van der Waals surface area (Å²) in [5.41, 5.74) is 0.754. The zero-order chi connectivity index (χ0) is 14.8. The number of hydrogen-bond acceptors (Lipinski definition) is 4. The lowest BCUT2D eigenvalue weighted by molar-refractivity contribution is -0.0498. The van der Waals surface area contributed by atoms with Gasteiger partial charge in [0.15, 0.2) is 9.84 Å². The summed E-state index contributed by atoms with van der Waals surface area (Å²) in [4.78, 5) is 0. The zero-order valence-electron chi connectivity index (χ0n) is 11.1. The molecule has 112 valence electrons. The summed E-state index contributed by atoms with van der Waals surface area (Å²) < 4.78 is 52.2. The average Bonchev–Trinajstić information content (AvgIpc) is 2.47. The van der Waals surface area contributed by atoms with Crippen molar-refractivity contribution >= 4 is 9.84 Å². The SMILES string of the molecule is CC1CNC(c2ccc(OC(F)F)cc2)CS(=O)(=O)C1. The van der Waals surface area contributed by atoms with Crippen LogP contribution in [0.3, 0.4) is 0 Å². The molecule has 4 nitrogen and oxygen atoms in total. The Morgan fingerprint density at radius 2 is 1.90 bits per heavy atom. The molecule has 2 unspecified atom stereocenters. The largest absolute Gasteiger partial charge is 0.435 e. The first-order valence-corrected chi connectivity index (χ1v) is 8.16. The summed E-state index contributed by atoms with van der Waals surface area (Å²) in [6, 6.07) is 5.75. The molecular formula is C13H17F2NO3S. The van der Waals surface area contributed by atoms with Crippen LogP contribution < -0.4 is 10.1 Å². The monoisotopic (exact) mass is 305 g/mol. The molecule has 7 heteroatoms. The van der Waals surface area contributed by atoms with Crippen molar-refractivity contribution in [3.63, 3.8) is 0 Å². The van der Waals surface area contributed by atoms with Gasteiger partial charge in [-0.1, -0.05) is 19.1 Å². The van der Waals surface area contributed by atoms with E-state index in [1.54, 1.807) is 12.1 Å². The van der Waals surface area contributed by atoms with Crippen LogP contribution in [0.2, 0.25) is 0 Å². The van der Waals surface area contributed by atoms with Crippen molar-refractivity contribution < 1.29 is 21.9 Å². The van der Waals surface area contributed by atoms with E-state index in [9.17, 15) is 17.2 Å². The zero-order valence-corrected chi connectivity index (χ0v) is 11.9. The Balaban J connectivity index is 2.14. The molecule has 0 aliphatic carbocycles. The minimum absolute atomic E-state index is 0.0202.